The summed E-state index contributed by atoms with van der Waals surface area (Å²) in [5.74, 6) is -2.18. The van der Waals surface area contributed by atoms with Crippen LogP contribution in [-0.2, 0) is 27.7 Å². The Bertz CT molecular complexity index is 278. The van der Waals surface area contributed by atoms with Gasteiger partial charge in [-0.1, -0.05) is 0 Å². The van der Waals surface area contributed by atoms with E-state index in [2.05, 4.69) is 0 Å². The molecule has 9 heteroatoms. The average Bonchev–Trinajstić information content (AvgIpc) is 2.12. The summed E-state index contributed by atoms with van der Waals surface area (Å²) in [6.07, 6.45) is -0.342. The first-order valence-corrected chi connectivity index (χ1v) is 7.37. The van der Waals surface area contributed by atoms with Gasteiger partial charge in [0.15, 0.2) is 0 Å². The Labute approximate surface area is 114 Å². The third-order valence-electron chi connectivity index (χ3n) is 1.15. The third-order valence-corrected chi connectivity index (χ3v) is 3.44. The van der Waals surface area contributed by atoms with E-state index in [9.17, 15) is 14.4 Å². The van der Waals surface area contributed by atoms with Crippen LogP contribution in [0, 0.1) is 0 Å². The second kappa shape index (κ2) is 9.47. The smallest absolute Gasteiger partial charge is 0.455 e. The Hall–Kier alpha value is -1.45. The summed E-state index contributed by atoms with van der Waals surface area (Å²) in [4.78, 5) is 34.3. The quantitative estimate of drug-likeness (QED) is 0.677. The Balaban J connectivity index is 0. The van der Waals surface area contributed by atoms with Crippen LogP contribution in [0.25, 0.3) is 0 Å². The minimum Gasteiger partial charge on any atom is -0.455 e. The van der Waals surface area contributed by atoms with Crippen molar-refractivity contribution in [3.05, 3.63) is 0 Å². The van der Waals surface area contributed by atoms with Crippen LogP contribution in [0.15, 0.2) is 0 Å². The van der Waals surface area contributed by atoms with Crippen LogP contribution in [0.1, 0.15) is 20.8 Å². The highest BCUT2D eigenvalue weighted by molar-refractivity contribution is 6.65. The molecule has 0 aliphatic heterocycles. The summed E-state index contributed by atoms with van der Waals surface area (Å²) in [7, 11) is 2.27. The molecule has 0 radical (unpaired) electrons. The Morgan fingerprint density at radius 1 is 0.895 bits per heavy atom. The summed E-state index contributed by atoms with van der Waals surface area (Å²) in [5.41, 5.74) is 5.28. The van der Waals surface area contributed by atoms with Gasteiger partial charge < -0.3 is 23.9 Å². The Kier molecular flexibility index (Phi) is 9.91. The third kappa shape index (κ3) is 12.8. The molecule has 0 bridgehead atoms. The number of nitrogens with two attached hydrogens (primary N) is 1. The van der Waals surface area contributed by atoms with Crippen LogP contribution in [0.3, 0.4) is 0 Å². The summed E-state index contributed by atoms with van der Waals surface area (Å²) in [6.45, 7) is 3.30. The standard InChI is InChI=1S/C7H13NO6Si.C3H9N/c1-5(9)12-15(4-8,13-6(2)10)14-7(3)11;1-4(2)3/h4,8H2,1-3H3;1-3H3. The Morgan fingerprint density at radius 3 is 1.21 bits per heavy atom. The molecule has 0 rings (SSSR count). The van der Waals surface area contributed by atoms with Crippen molar-refractivity contribution in [2.75, 3.05) is 27.3 Å². The summed E-state index contributed by atoms with van der Waals surface area (Å²) in [5, 5.41) is 0. The van der Waals surface area contributed by atoms with E-state index in [4.69, 9.17) is 19.0 Å². The van der Waals surface area contributed by atoms with E-state index in [1.807, 2.05) is 26.0 Å². The fourth-order valence-corrected chi connectivity index (χ4v) is 2.53. The molecule has 0 unspecified atom stereocenters. The fourth-order valence-electron chi connectivity index (χ4n) is 0.844. The van der Waals surface area contributed by atoms with Crippen LogP contribution in [0.2, 0.25) is 0 Å². The number of carbonyl (C=O) groups excluding carboxylic acids is 3. The molecule has 0 heterocycles. The lowest BCUT2D eigenvalue weighted by Crippen LogP contribution is -2.55. The molecular weight excluding hydrogens is 272 g/mol. The zero-order chi connectivity index (χ0) is 15.6. The molecule has 0 aromatic carbocycles. The van der Waals surface area contributed by atoms with Crippen LogP contribution in [0.4, 0.5) is 0 Å². The summed E-state index contributed by atoms with van der Waals surface area (Å²) < 4.78 is 14.1. The molecule has 19 heavy (non-hydrogen) atoms. The highest BCUT2D eigenvalue weighted by Gasteiger charge is 2.50. The zero-order valence-corrected chi connectivity index (χ0v) is 13.2. The molecule has 112 valence electrons. The second-order valence-electron chi connectivity index (χ2n) is 4.01. The maximum Gasteiger partial charge on any atom is 0.719 e. The Morgan fingerprint density at radius 2 is 1.11 bits per heavy atom. The molecule has 0 fully saturated rings. The van der Waals surface area contributed by atoms with Gasteiger partial charge in [0.25, 0.3) is 17.9 Å². The second-order valence-corrected chi connectivity index (χ2v) is 6.40. The van der Waals surface area contributed by atoms with E-state index in [0.717, 1.165) is 20.8 Å². The lowest BCUT2D eigenvalue weighted by molar-refractivity contribution is -0.147. The average molecular weight is 294 g/mol. The topological polar surface area (TPSA) is 108 Å². The number of rotatable bonds is 4. The van der Waals surface area contributed by atoms with Crippen molar-refractivity contribution in [2.24, 2.45) is 5.73 Å². The van der Waals surface area contributed by atoms with Gasteiger partial charge in [-0.15, -0.1) is 0 Å². The lowest BCUT2D eigenvalue weighted by atomic mass is 10.9. The largest absolute Gasteiger partial charge is 0.719 e. The molecule has 0 spiro atoms. The first-order valence-electron chi connectivity index (χ1n) is 5.44. The number of hydrogen-bond acceptors (Lipinski definition) is 8. The van der Waals surface area contributed by atoms with Gasteiger partial charge >= 0.3 is 8.80 Å². The monoisotopic (exact) mass is 294 g/mol. The van der Waals surface area contributed by atoms with Gasteiger partial charge in [0.05, 0.1) is 0 Å². The molecule has 0 aliphatic rings. The molecule has 2 N–H and O–H groups in total. The van der Waals surface area contributed by atoms with Gasteiger partial charge in [-0.25, -0.2) is 0 Å². The van der Waals surface area contributed by atoms with Gasteiger partial charge in [-0.05, 0) is 21.1 Å². The van der Waals surface area contributed by atoms with Crippen LogP contribution >= 0.6 is 0 Å². The van der Waals surface area contributed by atoms with E-state index in [1.54, 1.807) is 0 Å². The highest BCUT2D eigenvalue weighted by atomic mass is 28.4. The van der Waals surface area contributed by atoms with Crippen LogP contribution < -0.4 is 5.73 Å². The lowest BCUT2D eigenvalue weighted by Gasteiger charge is -2.24. The molecule has 0 aliphatic carbocycles. The maximum atomic E-state index is 10.8. The van der Waals surface area contributed by atoms with Gasteiger partial charge in [0, 0.05) is 20.8 Å². The predicted octanol–water partition coefficient (Wildman–Crippen LogP) is -0.710. The molecule has 0 aromatic rings. The maximum absolute atomic E-state index is 10.8. The van der Waals surface area contributed by atoms with E-state index >= 15 is 0 Å². The zero-order valence-electron chi connectivity index (χ0n) is 12.2. The highest BCUT2D eigenvalue weighted by Crippen LogP contribution is 2.09. The molecule has 8 nitrogen and oxygen atoms in total. The van der Waals surface area contributed by atoms with Crippen molar-refractivity contribution >= 4 is 26.7 Å². The van der Waals surface area contributed by atoms with Crippen LogP contribution in [-0.4, -0.2) is 58.9 Å². The normalized spacial score (nSPS) is 10.1. The number of carbonyl (C=O) groups is 3. The van der Waals surface area contributed by atoms with Crippen molar-refractivity contribution in [1.82, 2.24) is 4.90 Å². The van der Waals surface area contributed by atoms with E-state index < -0.39 is 26.7 Å². The van der Waals surface area contributed by atoms with E-state index in [-0.39, 0.29) is 6.17 Å². The molecule has 0 saturated heterocycles. The fraction of sp³-hybridized carbons (Fsp3) is 0.700. The minimum absolute atomic E-state index is 0.342. The van der Waals surface area contributed by atoms with Gasteiger partial charge in [-0.3, -0.25) is 14.4 Å². The summed E-state index contributed by atoms with van der Waals surface area (Å²) in [6, 6.07) is 0. The molecule has 0 amide bonds. The van der Waals surface area contributed by atoms with Crippen molar-refractivity contribution < 1.29 is 27.7 Å². The van der Waals surface area contributed by atoms with Gasteiger partial charge in [0.2, 0.25) is 0 Å². The van der Waals surface area contributed by atoms with Crippen molar-refractivity contribution in [2.45, 2.75) is 20.8 Å². The first kappa shape index (κ1) is 19.9. The summed E-state index contributed by atoms with van der Waals surface area (Å²) >= 11 is 0. The molecule has 0 aromatic heterocycles. The molecular formula is C10H22N2O6Si. The molecule has 0 saturated carbocycles. The predicted molar refractivity (Wildman–Crippen MR) is 69.7 cm³/mol. The SMILES string of the molecule is CC(=O)O[Si](CN)(OC(C)=O)OC(C)=O.CN(C)C. The van der Waals surface area contributed by atoms with E-state index in [0.29, 0.717) is 0 Å². The van der Waals surface area contributed by atoms with Gasteiger partial charge in [-0.2, -0.15) is 0 Å². The van der Waals surface area contributed by atoms with Crippen molar-refractivity contribution in [1.29, 1.82) is 0 Å². The number of hydrogen-bond donors (Lipinski definition) is 1. The van der Waals surface area contributed by atoms with Gasteiger partial charge in [0.1, 0.15) is 6.17 Å². The van der Waals surface area contributed by atoms with E-state index in [1.165, 1.54) is 0 Å². The minimum atomic E-state index is -3.73. The van der Waals surface area contributed by atoms with Crippen LogP contribution in [0.5, 0.6) is 0 Å². The van der Waals surface area contributed by atoms with Crippen molar-refractivity contribution in [3.8, 4) is 0 Å². The number of nitrogens with zero attached hydrogens (tertiary/aromatic N) is 1. The first-order chi connectivity index (χ1) is 8.54. The van der Waals surface area contributed by atoms with Crippen molar-refractivity contribution in [3.63, 3.8) is 0 Å². The molecule has 0 atom stereocenters.